The van der Waals surface area contributed by atoms with Crippen LogP contribution in [-0.2, 0) is 30.2 Å². The van der Waals surface area contributed by atoms with Crippen molar-refractivity contribution in [2.75, 3.05) is 6.61 Å². The van der Waals surface area contributed by atoms with E-state index in [-0.39, 0.29) is 25.0 Å². The van der Waals surface area contributed by atoms with E-state index in [4.69, 9.17) is 14.2 Å². The van der Waals surface area contributed by atoms with Crippen molar-refractivity contribution >= 4 is 18.0 Å². The van der Waals surface area contributed by atoms with Crippen LogP contribution >= 0.6 is 0 Å². The maximum Gasteiger partial charge on any atom is 0.407 e. The summed E-state index contributed by atoms with van der Waals surface area (Å²) in [5, 5.41) is 5.51. The van der Waals surface area contributed by atoms with Crippen LogP contribution in [0.15, 0.2) is 78.9 Å². The molecule has 8 heteroatoms. The van der Waals surface area contributed by atoms with Crippen LogP contribution in [0.5, 0.6) is 0 Å². The van der Waals surface area contributed by atoms with E-state index in [9.17, 15) is 14.4 Å². The molecule has 1 aliphatic rings. The van der Waals surface area contributed by atoms with E-state index in [0.29, 0.717) is 0 Å². The first-order valence-corrected chi connectivity index (χ1v) is 14.8. The van der Waals surface area contributed by atoms with Crippen LogP contribution in [0.3, 0.4) is 0 Å². The Labute approximate surface area is 254 Å². The molecule has 4 rings (SSSR count). The summed E-state index contributed by atoms with van der Waals surface area (Å²) in [5.74, 6) is -1.27. The summed E-state index contributed by atoms with van der Waals surface area (Å²) in [6.07, 6.45) is -1.63. The van der Waals surface area contributed by atoms with Gasteiger partial charge >= 0.3 is 12.1 Å². The maximum absolute atomic E-state index is 13.7. The standard InChI is InChI=1S/C35H42N2O6/c1-22(2)42-33(39)30(20-24-14-8-7-9-15-24)36-32(38)31(23(3)43-35(4,5)6)37-34(40)41-21-29-27-18-12-10-16-25(27)26-17-11-13-19-28(26)29/h7-19,22-23,29-31H,20-21H2,1-6H3,(H,36,38)(H,37,40)/t23-,30+,31+/m1/s1. The van der Waals surface area contributed by atoms with E-state index < -0.39 is 41.8 Å². The van der Waals surface area contributed by atoms with Crippen molar-refractivity contribution in [3.8, 4) is 11.1 Å². The Bertz CT molecular complexity index is 1370. The number of rotatable bonds is 11. The molecule has 2 N–H and O–H groups in total. The van der Waals surface area contributed by atoms with Gasteiger partial charge in [0, 0.05) is 12.3 Å². The fourth-order valence-electron chi connectivity index (χ4n) is 5.41. The number of esters is 1. The van der Waals surface area contributed by atoms with E-state index in [1.54, 1.807) is 20.8 Å². The first-order chi connectivity index (χ1) is 20.4. The molecule has 3 aromatic carbocycles. The van der Waals surface area contributed by atoms with Crippen LogP contribution in [0.2, 0.25) is 0 Å². The van der Waals surface area contributed by atoms with E-state index >= 15 is 0 Å². The van der Waals surface area contributed by atoms with Crippen molar-refractivity contribution in [1.82, 2.24) is 10.6 Å². The topological polar surface area (TPSA) is 103 Å². The molecule has 0 unspecified atom stereocenters. The zero-order chi connectivity index (χ0) is 31.1. The van der Waals surface area contributed by atoms with Gasteiger partial charge in [-0.05, 0) is 69.4 Å². The molecule has 0 spiro atoms. The molecule has 3 atom stereocenters. The highest BCUT2D eigenvalue weighted by atomic mass is 16.6. The molecule has 0 saturated heterocycles. The van der Waals surface area contributed by atoms with Crippen LogP contribution in [0.4, 0.5) is 4.79 Å². The molecule has 228 valence electrons. The molecule has 2 amide bonds. The van der Waals surface area contributed by atoms with E-state index in [1.165, 1.54) is 0 Å². The summed E-state index contributed by atoms with van der Waals surface area (Å²) in [4.78, 5) is 39.9. The van der Waals surface area contributed by atoms with Gasteiger partial charge in [0.15, 0.2) is 0 Å². The molecule has 1 aliphatic carbocycles. The lowest BCUT2D eigenvalue weighted by atomic mass is 9.98. The third-order valence-corrected chi connectivity index (χ3v) is 7.14. The zero-order valence-corrected chi connectivity index (χ0v) is 25.8. The lowest BCUT2D eigenvalue weighted by Gasteiger charge is -2.31. The summed E-state index contributed by atoms with van der Waals surface area (Å²) in [7, 11) is 0. The van der Waals surface area contributed by atoms with Gasteiger partial charge in [0.2, 0.25) is 5.91 Å². The first-order valence-electron chi connectivity index (χ1n) is 14.8. The van der Waals surface area contributed by atoms with Crippen LogP contribution in [0, 0.1) is 0 Å². The predicted molar refractivity (Wildman–Crippen MR) is 166 cm³/mol. The maximum atomic E-state index is 13.7. The minimum absolute atomic E-state index is 0.0973. The molecular formula is C35H42N2O6. The van der Waals surface area contributed by atoms with E-state index in [0.717, 1.165) is 27.8 Å². The number of ether oxygens (including phenoxy) is 3. The molecule has 3 aromatic rings. The molecule has 0 aromatic heterocycles. The lowest BCUT2D eigenvalue weighted by Crippen LogP contribution is -2.57. The van der Waals surface area contributed by atoms with Crippen molar-refractivity contribution < 1.29 is 28.6 Å². The first kappa shape index (κ1) is 31.8. The molecule has 43 heavy (non-hydrogen) atoms. The van der Waals surface area contributed by atoms with Crippen LogP contribution in [-0.4, -0.2) is 54.5 Å². The molecule has 0 heterocycles. The monoisotopic (exact) mass is 586 g/mol. The molecular weight excluding hydrogens is 544 g/mol. The van der Waals surface area contributed by atoms with Crippen LogP contribution < -0.4 is 10.6 Å². The molecule has 0 saturated carbocycles. The fourth-order valence-corrected chi connectivity index (χ4v) is 5.41. The Morgan fingerprint density at radius 1 is 0.791 bits per heavy atom. The summed E-state index contributed by atoms with van der Waals surface area (Å²) in [6.45, 7) is 10.9. The molecule has 0 fully saturated rings. The quantitative estimate of drug-likeness (QED) is 0.276. The van der Waals surface area contributed by atoms with E-state index in [1.807, 2.05) is 87.5 Å². The van der Waals surface area contributed by atoms with Crippen molar-refractivity contribution in [3.63, 3.8) is 0 Å². The number of fused-ring (bicyclic) bond motifs is 3. The Morgan fingerprint density at radius 2 is 1.35 bits per heavy atom. The van der Waals surface area contributed by atoms with Gasteiger partial charge in [-0.15, -0.1) is 0 Å². The smallest absolute Gasteiger partial charge is 0.407 e. The number of carbonyl (C=O) groups excluding carboxylic acids is 3. The highest BCUT2D eigenvalue weighted by molar-refractivity contribution is 5.90. The second-order valence-electron chi connectivity index (χ2n) is 12.1. The molecule has 0 bridgehead atoms. The molecule has 0 aliphatic heterocycles. The number of nitrogens with one attached hydrogen (secondary N) is 2. The Hall–Kier alpha value is -4.17. The number of hydrogen-bond donors (Lipinski definition) is 2. The van der Waals surface area contributed by atoms with Gasteiger partial charge in [-0.1, -0.05) is 78.9 Å². The highest BCUT2D eigenvalue weighted by Gasteiger charge is 2.35. The molecule has 0 radical (unpaired) electrons. The van der Waals surface area contributed by atoms with Crippen molar-refractivity contribution in [1.29, 1.82) is 0 Å². The van der Waals surface area contributed by atoms with Gasteiger partial charge in [-0.3, -0.25) is 4.79 Å². The SMILES string of the molecule is CC(C)OC(=O)[C@H](Cc1ccccc1)NC(=O)[C@@H](NC(=O)OCC1c2ccccc2-c2ccccc21)[C@@H](C)OC(C)(C)C. The minimum Gasteiger partial charge on any atom is -0.461 e. The average Bonchev–Trinajstić information content (AvgIpc) is 3.27. The highest BCUT2D eigenvalue weighted by Crippen LogP contribution is 2.44. The summed E-state index contributed by atoms with van der Waals surface area (Å²) in [6, 6.07) is 23.4. The van der Waals surface area contributed by atoms with Crippen molar-refractivity contribution in [2.24, 2.45) is 0 Å². The molecule has 8 nitrogen and oxygen atoms in total. The second kappa shape index (κ2) is 13.9. The minimum atomic E-state index is -1.14. The van der Waals surface area contributed by atoms with Crippen molar-refractivity contribution in [2.45, 2.75) is 83.8 Å². The van der Waals surface area contributed by atoms with Gasteiger partial charge < -0.3 is 24.8 Å². The van der Waals surface area contributed by atoms with Gasteiger partial charge in [0.05, 0.1) is 17.8 Å². The zero-order valence-electron chi connectivity index (χ0n) is 25.8. The lowest BCUT2D eigenvalue weighted by molar-refractivity contribution is -0.152. The number of amides is 2. The normalized spacial score (nSPS) is 14.7. The Morgan fingerprint density at radius 3 is 1.91 bits per heavy atom. The van der Waals surface area contributed by atoms with Crippen LogP contribution in [0.25, 0.3) is 11.1 Å². The van der Waals surface area contributed by atoms with Crippen LogP contribution in [0.1, 0.15) is 64.2 Å². The number of alkyl carbamates (subject to hydrolysis) is 1. The third kappa shape index (κ3) is 8.45. The van der Waals surface area contributed by atoms with Gasteiger partial charge in [-0.25, -0.2) is 9.59 Å². The van der Waals surface area contributed by atoms with Gasteiger partial charge in [-0.2, -0.15) is 0 Å². The van der Waals surface area contributed by atoms with Gasteiger partial charge in [0.1, 0.15) is 18.7 Å². The second-order valence-corrected chi connectivity index (χ2v) is 12.1. The summed E-state index contributed by atoms with van der Waals surface area (Å²) in [5.41, 5.74) is 4.67. The summed E-state index contributed by atoms with van der Waals surface area (Å²) < 4.78 is 17.2. The van der Waals surface area contributed by atoms with Gasteiger partial charge in [0.25, 0.3) is 0 Å². The van der Waals surface area contributed by atoms with E-state index in [2.05, 4.69) is 22.8 Å². The largest absolute Gasteiger partial charge is 0.461 e. The summed E-state index contributed by atoms with van der Waals surface area (Å²) >= 11 is 0. The third-order valence-electron chi connectivity index (χ3n) is 7.14. The number of benzene rings is 3. The Balaban J connectivity index is 1.50. The average molecular weight is 587 g/mol. The Kier molecular flexibility index (Phi) is 10.2. The number of carbonyl (C=O) groups is 3. The number of hydrogen-bond acceptors (Lipinski definition) is 6. The van der Waals surface area contributed by atoms with Crippen molar-refractivity contribution in [3.05, 3.63) is 95.6 Å². The predicted octanol–water partition coefficient (Wildman–Crippen LogP) is 5.78. The fraction of sp³-hybridized carbons (Fsp3) is 0.400.